The number of hydrogen-bond acceptors (Lipinski definition) is 1. The van der Waals surface area contributed by atoms with E-state index in [1.165, 1.54) is 6.07 Å². The van der Waals surface area contributed by atoms with E-state index < -0.39 is 11.6 Å². The highest BCUT2D eigenvalue weighted by molar-refractivity contribution is 6.30. The van der Waals surface area contributed by atoms with E-state index in [-0.39, 0.29) is 6.04 Å². The monoisotopic (exact) mass is 295 g/mol. The molecule has 2 aromatic carbocycles. The Hall–Kier alpha value is -1.45. The van der Waals surface area contributed by atoms with E-state index >= 15 is 0 Å². The summed E-state index contributed by atoms with van der Waals surface area (Å²) in [5.74, 6) is -1.56. The molecule has 4 heteroatoms. The van der Waals surface area contributed by atoms with Crippen LogP contribution in [0.25, 0.3) is 0 Å². The van der Waals surface area contributed by atoms with Crippen LogP contribution in [0.1, 0.15) is 11.1 Å². The maximum absolute atomic E-state index is 13.7. The predicted octanol–water partition coefficient (Wildman–Crippen LogP) is 3.99. The van der Waals surface area contributed by atoms with Crippen LogP contribution in [0.5, 0.6) is 0 Å². The van der Waals surface area contributed by atoms with Crippen LogP contribution in [0.4, 0.5) is 8.78 Å². The molecule has 0 bridgehead atoms. The molecule has 106 valence electrons. The van der Waals surface area contributed by atoms with E-state index in [1.807, 2.05) is 31.3 Å². The van der Waals surface area contributed by atoms with Crippen LogP contribution in [0, 0.1) is 11.6 Å². The summed E-state index contributed by atoms with van der Waals surface area (Å²) in [5, 5.41) is 3.82. The molecule has 0 aliphatic carbocycles. The smallest absolute Gasteiger partial charge is 0.162 e. The SMILES string of the molecule is CNC(Cc1ccc(Cl)cc1)Cc1cccc(F)c1F. The normalized spacial score (nSPS) is 12.4. The Morgan fingerprint density at radius 1 is 1.05 bits per heavy atom. The minimum atomic E-state index is -0.802. The molecular formula is C16H16ClF2N. The van der Waals surface area contributed by atoms with Crippen LogP contribution in [0.3, 0.4) is 0 Å². The molecule has 0 fully saturated rings. The zero-order valence-electron chi connectivity index (χ0n) is 11.2. The predicted molar refractivity (Wildman–Crippen MR) is 78.1 cm³/mol. The number of nitrogens with one attached hydrogen (secondary N) is 1. The average Bonchev–Trinajstić information content (AvgIpc) is 2.45. The molecule has 0 saturated carbocycles. The van der Waals surface area contributed by atoms with Crippen LogP contribution in [-0.4, -0.2) is 13.1 Å². The minimum Gasteiger partial charge on any atom is -0.316 e. The Morgan fingerprint density at radius 2 is 1.75 bits per heavy atom. The Kier molecular flexibility index (Phi) is 5.10. The van der Waals surface area contributed by atoms with E-state index in [2.05, 4.69) is 5.32 Å². The van der Waals surface area contributed by atoms with E-state index in [4.69, 9.17) is 11.6 Å². The van der Waals surface area contributed by atoms with Crippen molar-refractivity contribution >= 4 is 11.6 Å². The van der Waals surface area contributed by atoms with Crippen LogP contribution in [0.15, 0.2) is 42.5 Å². The van der Waals surface area contributed by atoms with Gasteiger partial charge in [-0.15, -0.1) is 0 Å². The van der Waals surface area contributed by atoms with Gasteiger partial charge in [0.15, 0.2) is 11.6 Å². The molecular weight excluding hydrogens is 280 g/mol. The molecule has 0 amide bonds. The Bertz CT molecular complexity index is 569. The molecule has 2 rings (SSSR count). The highest BCUT2D eigenvalue weighted by atomic mass is 35.5. The Balaban J connectivity index is 2.09. The summed E-state index contributed by atoms with van der Waals surface area (Å²) in [6, 6.07) is 11.8. The standard InChI is InChI=1S/C16H16ClF2N/c1-20-14(9-11-5-7-13(17)8-6-11)10-12-3-2-4-15(18)16(12)19/h2-8,14,20H,9-10H2,1H3. The van der Waals surface area contributed by atoms with Crippen molar-refractivity contribution in [2.24, 2.45) is 0 Å². The first kappa shape index (κ1) is 14.9. The highest BCUT2D eigenvalue weighted by Crippen LogP contribution is 2.16. The summed E-state index contributed by atoms with van der Waals surface area (Å²) in [6.45, 7) is 0. The summed E-state index contributed by atoms with van der Waals surface area (Å²) >= 11 is 5.84. The minimum absolute atomic E-state index is 0.0347. The maximum atomic E-state index is 13.7. The number of halogens is 3. The van der Waals surface area contributed by atoms with Gasteiger partial charge in [0.1, 0.15) is 0 Å². The van der Waals surface area contributed by atoms with Gasteiger partial charge < -0.3 is 5.32 Å². The third kappa shape index (κ3) is 3.78. The Morgan fingerprint density at radius 3 is 2.40 bits per heavy atom. The van der Waals surface area contributed by atoms with Crippen molar-refractivity contribution in [2.75, 3.05) is 7.05 Å². The van der Waals surface area contributed by atoms with Crippen molar-refractivity contribution in [2.45, 2.75) is 18.9 Å². The van der Waals surface area contributed by atoms with E-state index in [1.54, 1.807) is 6.07 Å². The molecule has 1 atom stereocenters. The van der Waals surface area contributed by atoms with E-state index in [0.29, 0.717) is 17.0 Å². The van der Waals surface area contributed by atoms with Gasteiger partial charge in [-0.3, -0.25) is 0 Å². The molecule has 0 aliphatic heterocycles. The lowest BCUT2D eigenvalue weighted by molar-refractivity contribution is 0.482. The molecule has 20 heavy (non-hydrogen) atoms. The van der Waals surface area contributed by atoms with Crippen LogP contribution < -0.4 is 5.32 Å². The number of likely N-dealkylation sites (N-methyl/N-ethyl adjacent to an activating group) is 1. The van der Waals surface area contributed by atoms with Crippen LogP contribution in [-0.2, 0) is 12.8 Å². The van der Waals surface area contributed by atoms with Gasteiger partial charge in [0, 0.05) is 11.1 Å². The van der Waals surface area contributed by atoms with Crippen molar-refractivity contribution in [3.63, 3.8) is 0 Å². The van der Waals surface area contributed by atoms with Gasteiger partial charge in [-0.25, -0.2) is 8.78 Å². The van der Waals surface area contributed by atoms with E-state index in [9.17, 15) is 8.78 Å². The van der Waals surface area contributed by atoms with Crippen molar-refractivity contribution in [3.05, 3.63) is 70.2 Å². The first-order valence-electron chi connectivity index (χ1n) is 6.44. The summed E-state index contributed by atoms with van der Waals surface area (Å²) in [5.41, 5.74) is 1.49. The van der Waals surface area contributed by atoms with Gasteiger partial charge in [0.2, 0.25) is 0 Å². The molecule has 0 aromatic heterocycles. The first-order valence-corrected chi connectivity index (χ1v) is 6.82. The second kappa shape index (κ2) is 6.82. The van der Waals surface area contributed by atoms with Crippen molar-refractivity contribution < 1.29 is 8.78 Å². The van der Waals surface area contributed by atoms with Gasteiger partial charge in [-0.05, 0) is 49.2 Å². The maximum Gasteiger partial charge on any atom is 0.162 e. The first-order chi connectivity index (χ1) is 9.60. The summed E-state index contributed by atoms with van der Waals surface area (Å²) < 4.78 is 26.9. The fraction of sp³-hybridized carbons (Fsp3) is 0.250. The number of benzene rings is 2. The third-order valence-electron chi connectivity index (χ3n) is 3.30. The second-order valence-electron chi connectivity index (χ2n) is 4.73. The van der Waals surface area contributed by atoms with Crippen molar-refractivity contribution in [3.8, 4) is 0 Å². The molecule has 1 nitrogen and oxygen atoms in total. The van der Waals surface area contributed by atoms with Gasteiger partial charge in [-0.2, -0.15) is 0 Å². The summed E-state index contributed by atoms with van der Waals surface area (Å²) in [6.07, 6.45) is 1.16. The lowest BCUT2D eigenvalue weighted by Gasteiger charge is -2.17. The van der Waals surface area contributed by atoms with E-state index in [0.717, 1.165) is 18.1 Å². The highest BCUT2D eigenvalue weighted by Gasteiger charge is 2.13. The molecule has 1 N–H and O–H groups in total. The fourth-order valence-electron chi connectivity index (χ4n) is 2.15. The molecule has 0 saturated heterocycles. The van der Waals surface area contributed by atoms with Crippen LogP contribution in [0.2, 0.25) is 5.02 Å². The molecule has 1 unspecified atom stereocenters. The van der Waals surface area contributed by atoms with Crippen molar-refractivity contribution in [1.82, 2.24) is 5.32 Å². The van der Waals surface area contributed by atoms with Crippen molar-refractivity contribution in [1.29, 1.82) is 0 Å². The lowest BCUT2D eigenvalue weighted by Crippen LogP contribution is -2.30. The summed E-state index contributed by atoms with van der Waals surface area (Å²) in [7, 11) is 1.82. The van der Waals surface area contributed by atoms with Gasteiger partial charge in [0.25, 0.3) is 0 Å². The largest absolute Gasteiger partial charge is 0.316 e. The zero-order chi connectivity index (χ0) is 14.5. The Labute approximate surface area is 122 Å². The molecule has 0 aliphatic rings. The summed E-state index contributed by atoms with van der Waals surface area (Å²) in [4.78, 5) is 0. The number of hydrogen-bond donors (Lipinski definition) is 1. The third-order valence-corrected chi connectivity index (χ3v) is 3.55. The number of rotatable bonds is 5. The quantitative estimate of drug-likeness (QED) is 0.879. The van der Waals surface area contributed by atoms with Gasteiger partial charge >= 0.3 is 0 Å². The second-order valence-corrected chi connectivity index (χ2v) is 5.17. The molecule has 0 heterocycles. The van der Waals surface area contributed by atoms with Gasteiger partial charge in [0.05, 0.1) is 0 Å². The van der Waals surface area contributed by atoms with Gasteiger partial charge in [-0.1, -0.05) is 35.9 Å². The lowest BCUT2D eigenvalue weighted by atomic mass is 9.99. The molecule has 2 aromatic rings. The molecule has 0 spiro atoms. The topological polar surface area (TPSA) is 12.0 Å². The molecule has 0 radical (unpaired) electrons. The van der Waals surface area contributed by atoms with Crippen LogP contribution >= 0.6 is 11.6 Å². The fourth-order valence-corrected chi connectivity index (χ4v) is 2.28. The average molecular weight is 296 g/mol. The zero-order valence-corrected chi connectivity index (χ0v) is 11.9.